The zero-order chi connectivity index (χ0) is 20.1. The number of rotatable bonds is 5. The molecule has 2 amide bonds. The zero-order valence-corrected chi connectivity index (χ0v) is 16.9. The van der Waals surface area contributed by atoms with Crippen LogP contribution < -0.4 is 10.6 Å². The Kier molecular flexibility index (Phi) is 6.65. The highest BCUT2D eigenvalue weighted by Crippen LogP contribution is 2.25. The molecular weight excluding hydrogens is 376 g/mol. The van der Waals surface area contributed by atoms with Gasteiger partial charge in [0.2, 0.25) is 5.91 Å². The van der Waals surface area contributed by atoms with Crippen LogP contribution in [-0.4, -0.2) is 40.8 Å². The minimum absolute atomic E-state index is 0.0578. The molecule has 1 aromatic carbocycles. The number of halogens is 1. The quantitative estimate of drug-likeness (QED) is 0.794. The maximum Gasteiger partial charge on any atom is 0.258 e. The van der Waals surface area contributed by atoms with Gasteiger partial charge in [0, 0.05) is 23.2 Å². The predicted molar refractivity (Wildman–Crippen MR) is 112 cm³/mol. The number of carbonyl (C=O) groups excluding carboxylic acids is 2. The molecule has 1 saturated heterocycles. The summed E-state index contributed by atoms with van der Waals surface area (Å²) in [6, 6.07) is 10.6. The first-order valence-corrected chi connectivity index (χ1v) is 9.88. The first-order chi connectivity index (χ1) is 13.4. The van der Waals surface area contributed by atoms with Crippen molar-refractivity contribution in [2.24, 2.45) is 5.92 Å². The van der Waals surface area contributed by atoms with Gasteiger partial charge in [0.15, 0.2) is 0 Å². The highest BCUT2D eigenvalue weighted by Gasteiger charge is 2.27. The van der Waals surface area contributed by atoms with Crippen LogP contribution in [-0.2, 0) is 4.79 Å². The van der Waals surface area contributed by atoms with Gasteiger partial charge in [-0.3, -0.25) is 9.59 Å². The lowest BCUT2D eigenvalue weighted by Gasteiger charge is -2.34. The molecule has 1 aromatic heterocycles. The number of pyridine rings is 1. The van der Waals surface area contributed by atoms with Gasteiger partial charge < -0.3 is 15.5 Å². The van der Waals surface area contributed by atoms with Gasteiger partial charge in [-0.2, -0.15) is 0 Å². The Morgan fingerprint density at radius 3 is 2.54 bits per heavy atom. The molecule has 1 fully saturated rings. The number of piperidine rings is 1. The molecule has 148 valence electrons. The molecule has 3 rings (SSSR count). The van der Waals surface area contributed by atoms with Crippen LogP contribution in [0.5, 0.6) is 0 Å². The van der Waals surface area contributed by atoms with Crippen molar-refractivity contribution in [2.75, 3.05) is 23.7 Å². The molecule has 2 N–H and O–H groups in total. The number of anilines is 2. The summed E-state index contributed by atoms with van der Waals surface area (Å²) in [4.78, 5) is 31.9. The molecular formula is C21H25ClN4O2. The summed E-state index contributed by atoms with van der Waals surface area (Å²) in [5, 5.41) is 6.08. The van der Waals surface area contributed by atoms with E-state index >= 15 is 0 Å². The summed E-state index contributed by atoms with van der Waals surface area (Å²) in [6.45, 7) is 6.15. The molecule has 7 heteroatoms. The maximum atomic E-state index is 12.8. The smallest absolute Gasteiger partial charge is 0.258 e. The largest absolute Gasteiger partial charge is 0.325 e. The van der Waals surface area contributed by atoms with E-state index in [2.05, 4.69) is 34.4 Å². The van der Waals surface area contributed by atoms with Crippen LogP contribution in [0, 0.1) is 5.92 Å². The van der Waals surface area contributed by atoms with E-state index in [0.29, 0.717) is 28.1 Å². The van der Waals surface area contributed by atoms with Crippen LogP contribution in [0.2, 0.25) is 5.02 Å². The molecule has 0 radical (unpaired) electrons. The molecule has 0 spiro atoms. The van der Waals surface area contributed by atoms with Gasteiger partial charge >= 0.3 is 0 Å². The van der Waals surface area contributed by atoms with Gasteiger partial charge in [-0.05, 0) is 70.1 Å². The molecule has 6 nitrogen and oxygen atoms in total. The molecule has 0 saturated carbocycles. The SMILES string of the molecule is CC(C)N1CCC(C(=O)Nc2ccc(Cl)cc2C(=O)Nc2ccccn2)CC1. The van der Waals surface area contributed by atoms with Gasteiger partial charge in [0.1, 0.15) is 5.82 Å². The minimum atomic E-state index is -0.369. The number of aromatic nitrogens is 1. The lowest BCUT2D eigenvalue weighted by molar-refractivity contribution is -0.121. The van der Waals surface area contributed by atoms with E-state index in [9.17, 15) is 9.59 Å². The van der Waals surface area contributed by atoms with Crippen molar-refractivity contribution in [3.63, 3.8) is 0 Å². The number of nitrogens with zero attached hydrogens (tertiary/aromatic N) is 2. The monoisotopic (exact) mass is 400 g/mol. The van der Waals surface area contributed by atoms with E-state index in [1.54, 1.807) is 42.6 Å². The zero-order valence-electron chi connectivity index (χ0n) is 16.1. The van der Waals surface area contributed by atoms with Crippen LogP contribution in [0.15, 0.2) is 42.6 Å². The number of amides is 2. The van der Waals surface area contributed by atoms with Gasteiger partial charge in [-0.1, -0.05) is 17.7 Å². The molecule has 2 aromatic rings. The summed E-state index contributed by atoms with van der Waals surface area (Å²) in [5.41, 5.74) is 0.764. The number of likely N-dealkylation sites (tertiary alicyclic amines) is 1. The second-order valence-corrected chi connectivity index (χ2v) is 7.69. The standard InChI is InChI=1S/C21H25ClN4O2/c1-14(2)26-11-8-15(9-12-26)20(27)24-18-7-6-16(22)13-17(18)21(28)25-19-5-3-4-10-23-19/h3-7,10,13-15H,8-9,11-12H2,1-2H3,(H,24,27)(H,23,25,28). The van der Waals surface area contributed by atoms with Crippen LogP contribution in [0.25, 0.3) is 0 Å². The topological polar surface area (TPSA) is 74.3 Å². The Labute approximate surface area is 170 Å². The molecule has 0 bridgehead atoms. The number of nitrogens with one attached hydrogen (secondary N) is 2. The van der Waals surface area contributed by atoms with Crippen LogP contribution in [0.1, 0.15) is 37.0 Å². The Hall–Kier alpha value is -2.44. The summed E-state index contributed by atoms with van der Waals surface area (Å²) >= 11 is 6.08. The second-order valence-electron chi connectivity index (χ2n) is 7.25. The van der Waals surface area contributed by atoms with E-state index in [0.717, 1.165) is 25.9 Å². The molecule has 1 aliphatic heterocycles. The van der Waals surface area contributed by atoms with Crippen molar-refractivity contribution in [2.45, 2.75) is 32.7 Å². The van der Waals surface area contributed by atoms with Crippen molar-refractivity contribution in [3.05, 3.63) is 53.2 Å². The van der Waals surface area contributed by atoms with E-state index in [-0.39, 0.29) is 17.7 Å². The van der Waals surface area contributed by atoms with Crippen molar-refractivity contribution in [3.8, 4) is 0 Å². The van der Waals surface area contributed by atoms with Gasteiger partial charge in [0.05, 0.1) is 11.3 Å². The Morgan fingerprint density at radius 1 is 1.14 bits per heavy atom. The molecule has 0 aliphatic carbocycles. The fraction of sp³-hybridized carbons (Fsp3) is 0.381. The maximum absolute atomic E-state index is 12.8. The lowest BCUT2D eigenvalue weighted by atomic mass is 9.95. The van der Waals surface area contributed by atoms with Crippen LogP contribution >= 0.6 is 11.6 Å². The van der Waals surface area contributed by atoms with Gasteiger partial charge in [0.25, 0.3) is 5.91 Å². The molecule has 28 heavy (non-hydrogen) atoms. The third-order valence-electron chi connectivity index (χ3n) is 5.02. The van der Waals surface area contributed by atoms with Crippen LogP contribution in [0.3, 0.4) is 0 Å². The fourth-order valence-corrected chi connectivity index (χ4v) is 3.52. The van der Waals surface area contributed by atoms with Gasteiger partial charge in [-0.25, -0.2) is 4.98 Å². The molecule has 0 unspecified atom stereocenters. The highest BCUT2D eigenvalue weighted by molar-refractivity contribution is 6.31. The van der Waals surface area contributed by atoms with Crippen molar-refractivity contribution in [1.82, 2.24) is 9.88 Å². The molecule has 2 heterocycles. The molecule has 1 aliphatic rings. The number of benzene rings is 1. The normalized spacial score (nSPS) is 15.4. The number of hydrogen-bond acceptors (Lipinski definition) is 4. The predicted octanol–water partition coefficient (Wildman–Crippen LogP) is 4.05. The fourth-order valence-electron chi connectivity index (χ4n) is 3.35. The van der Waals surface area contributed by atoms with E-state index in [1.165, 1.54) is 0 Å². The Morgan fingerprint density at radius 2 is 1.89 bits per heavy atom. The first-order valence-electron chi connectivity index (χ1n) is 9.51. The Bertz CT molecular complexity index is 834. The van der Waals surface area contributed by atoms with Crippen LogP contribution in [0.4, 0.5) is 11.5 Å². The summed E-state index contributed by atoms with van der Waals surface area (Å²) in [6.07, 6.45) is 3.22. The third-order valence-corrected chi connectivity index (χ3v) is 5.26. The average Bonchev–Trinajstić information content (AvgIpc) is 2.70. The lowest BCUT2D eigenvalue weighted by Crippen LogP contribution is -2.41. The van der Waals surface area contributed by atoms with E-state index in [4.69, 9.17) is 11.6 Å². The number of hydrogen-bond donors (Lipinski definition) is 2. The first kappa shape index (κ1) is 20.3. The highest BCUT2D eigenvalue weighted by atomic mass is 35.5. The summed E-state index contributed by atoms with van der Waals surface area (Å²) in [5.74, 6) is -0.0491. The number of carbonyl (C=O) groups is 2. The van der Waals surface area contributed by atoms with E-state index in [1.807, 2.05) is 0 Å². The second kappa shape index (κ2) is 9.17. The third kappa shape index (κ3) is 5.09. The minimum Gasteiger partial charge on any atom is -0.325 e. The average molecular weight is 401 g/mol. The van der Waals surface area contributed by atoms with E-state index < -0.39 is 0 Å². The van der Waals surface area contributed by atoms with Crippen molar-refractivity contribution in [1.29, 1.82) is 0 Å². The summed E-state index contributed by atoms with van der Waals surface area (Å²) < 4.78 is 0. The Balaban J connectivity index is 1.70. The summed E-state index contributed by atoms with van der Waals surface area (Å²) in [7, 11) is 0. The van der Waals surface area contributed by atoms with Crippen molar-refractivity contribution >= 4 is 34.9 Å². The van der Waals surface area contributed by atoms with Crippen molar-refractivity contribution < 1.29 is 9.59 Å². The molecule has 0 atom stereocenters. The van der Waals surface area contributed by atoms with Gasteiger partial charge in [-0.15, -0.1) is 0 Å².